The van der Waals surface area contributed by atoms with Crippen molar-refractivity contribution >= 4 is 5.97 Å². The van der Waals surface area contributed by atoms with Crippen molar-refractivity contribution in [3.63, 3.8) is 0 Å². The molecule has 1 aromatic carbocycles. The molecular weight excluding hydrogens is 230 g/mol. The van der Waals surface area contributed by atoms with Crippen LogP contribution in [0.3, 0.4) is 0 Å². The molecule has 1 atom stereocenters. The quantitative estimate of drug-likeness (QED) is 0.783. The van der Waals surface area contributed by atoms with Crippen LogP contribution in [0, 0.1) is 0 Å². The molecule has 0 saturated heterocycles. The molecule has 1 aromatic rings. The van der Waals surface area contributed by atoms with Crippen LogP contribution in [0.2, 0.25) is 0 Å². The molecule has 1 rings (SSSR count). The Morgan fingerprint density at radius 1 is 1.39 bits per heavy atom. The summed E-state index contributed by atoms with van der Waals surface area (Å²) in [5.74, 6) is 0.529. The zero-order valence-corrected chi connectivity index (χ0v) is 11.4. The highest BCUT2D eigenvalue weighted by molar-refractivity contribution is 5.81. The molecule has 0 aliphatic heterocycles. The normalized spacial score (nSPS) is 13.8. The lowest BCUT2D eigenvalue weighted by molar-refractivity contribution is -0.150. The van der Waals surface area contributed by atoms with Gasteiger partial charge in [0, 0.05) is 6.42 Å². The summed E-state index contributed by atoms with van der Waals surface area (Å²) >= 11 is 0. The maximum atomic E-state index is 12.0. The van der Waals surface area contributed by atoms with Gasteiger partial charge < -0.3 is 14.8 Å². The maximum Gasteiger partial charge on any atom is 0.326 e. The number of esters is 1. The van der Waals surface area contributed by atoms with Gasteiger partial charge in [-0.05, 0) is 32.5 Å². The molecule has 1 unspecified atom stereocenters. The molecule has 0 radical (unpaired) electrons. The van der Waals surface area contributed by atoms with Crippen molar-refractivity contribution in [2.45, 2.75) is 25.8 Å². The van der Waals surface area contributed by atoms with Crippen molar-refractivity contribution in [1.82, 2.24) is 5.32 Å². The molecule has 18 heavy (non-hydrogen) atoms. The lowest BCUT2D eigenvalue weighted by atomic mass is 9.92. The van der Waals surface area contributed by atoms with E-state index in [9.17, 15) is 4.79 Å². The van der Waals surface area contributed by atoms with Crippen molar-refractivity contribution < 1.29 is 14.3 Å². The summed E-state index contributed by atoms with van der Waals surface area (Å²) in [6, 6.07) is 7.67. The summed E-state index contributed by atoms with van der Waals surface area (Å²) in [6.45, 7) is 4.01. The van der Waals surface area contributed by atoms with Crippen molar-refractivity contribution in [2.75, 3.05) is 20.8 Å². The summed E-state index contributed by atoms with van der Waals surface area (Å²) in [4.78, 5) is 12.0. The third-order valence-corrected chi connectivity index (χ3v) is 3.01. The molecule has 1 N–H and O–H groups in total. The van der Waals surface area contributed by atoms with E-state index in [-0.39, 0.29) is 5.97 Å². The third-order valence-electron chi connectivity index (χ3n) is 3.01. The lowest BCUT2D eigenvalue weighted by Gasteiger charge is -2.27. The van der Waals surface area contributed by atoms with Gasteiger partial charge in [-0.2, -0.15) is 0 Å². The predicted octanol–water partition coefficient (Wildman–Crippen LogP) is 1.78. The lowest BCUT2D eigenvalue weighted by Crippen LogP contribution is -2.50. The van der Waals surface area contributed by atoms with Gasteiger partial charge in [0.05, 0.1) is 13.7 Å². The van der Waals surface area contributed by atoms with E-state index in [4.69, 9.17) is 9.47 Å². The van der Waals surface area contributed by atoms with Crippen LogP contribution in [0.4, 0.5) is 0 Å². The molecule has 4 nitrogen and oxygen atoms in total. The molecule has 0 spiro atoms. The molecule has 0 bridgehead atoms. The molecule has 100 valence electrons. The van der Waals surface area contributed by atoms with Gasteiger partial charge in [-0.3, -0.25) is 4.79 Å². The minimum Gasteiger partial charge on any atom is -0.496 e. The van der Waals surface area contributed by atoms with Crippen molar-refractivity contribution in [3.8, 4) is 5.75 Å². The van der Waals surface area contributed by atoms with Gasteiger partial charge in [-0.1, -0.05) is 18.2 Å². The Morgan fingerprint density at radius 3 is 2.61 bits per heavy atom. The number of hydrogen-bond acceptors (Lipinski definition) is 4. The summed E-state index contributed by atoms with van der Waals surface area (Å²) < 4.78 is 10.4. The number of nitrogens with one attached hydrogen (secondary N) is 1. The van der Waals surface area contributed by atoms with Crippen LogP contribution >= 0.6 is 0 Å². The second-order valence-corrected chi connectivity index (χ2v) is 4.29. The Balaban J connectivity index is 2.94. The van der Waals surface area contributed by atoms with Gasteiger partial charge in [0.15, 0.2) is 0 Å². The van der Waals surface area contributed by atoms with Crippen molar-refractivity contribution in [1.29, 1.82) is 0 Å². The fourth-order valence-electron chi connectivity index (χ4n) is 1.78. The summed E-state index contributed by atoms with van der Waals surface area (Å²) in [6.07, 6.45) is 0.520. The second kappa shape index (κ2) is 6.40. The topological polar surface area (TPSA) is 47.6 Å². The highest BCUT2D eigenvalue weighted by Crippen LogP contribution is 2.23. The van der Waals surface area contributed by atoms with Gasteiger partial charge in [0.1, 0.15) is 11.3 Å². The zero-order valence-electron chi connectivity index (χ0n) is 11.4. The van der Waals surface area contributed by atoms with Gasteiger partial charge in [0.2, 0.25) is 0 Å². The number of carbonyl (C=O) groups excluding carboxylic acids is 1. The number of carbonyl (C=O) groups is 1. The average molecular weight is 251 g/mol. The minimum atomic E-state index is -0.745. The molecule has 0 amide bonds. The highest BCUT2D eigenvalue weighted by atomic mass is 16.5. The first kappa shape index (κ1) is 14.5. The molecule has 0 aliphatic carbocycles. The third kappa shape index (κ3) is 3.23. The monoisotopic (exact) mass is 251 g/mol. The van der Waals surface area contributed by atoms with E-state index >= 15 is 0 Å². The van der Waals surface area contributed by atoms with E-state index in [2.05, 4.69) is 5.32 Å². The average Bonchev–Trinajstić information content (AvgIpc) is 2.39. The molecule has 4 heteroatoms. The Hall–Kier alpha value is -1.55. The van der Waals surface area contributed by atoms with E-state index in [0.29, 0.717) is 13.0 Å². The van der Waals surface area contributed by atoms with Gasteiger partial charge in [-0.25, -0.2) is 0 Å². The highest BCUT2D eigenvalue weighted by Gasteiger charge is 2.33. The van der Waals surface area contributed by atoms with Crippen LogP contribution in [-0.2, 0) is 16.0 Å². The molecule has 0 aliphatic rings. The number of hydrogen-bond donors (Lipinski definition) is 1. The fourth-order valence-corrected chi connectivity index (χ4v) is 1.78. The number of rotatable bonds is 6. The van der Waals surface area contributed by atoms with E-state index in [1.54, 1.807) is 21.1 Å². The van der Waals surface area contributed by atoms with Crippen molar-refractivity contribution in [2.24, 2.45) is 0 Å². The largest absolute Gasteiger partial charge is 0.496 e. The number of methoxy groups -OCH3 is 1. The molecular formula is C14H21NO3. The second-order valence-electron chi connectivity index (χ2n) is 4.29. The first-order valence-corrected chi connectivity index (χ1v) is 6.05. The number of ether oxygens (including phenoxy) is 2. The smallest absolute Gasteiger partial charge is 0.326 e. The molecule has 0 heterocycles. The number of benzene rings is 1. The molecule has 0 aromatic heterocycles. The van der Waals surface area contributed by atoms with Gasteiger partial charge in [-0.15, -0.1) is 0 Å². The summed E-state index contributed by atoms with van der Waals surface area (Å²) in [5.41, 5.74) is 0.231. The first-order valence-electron chi connectivity index (χ1n) is 6.05. The van der Waals surface area contributed by atoms with Crippen LogP contribution in [0.1, 0.15) is 19.4 Å². The number of likely N-dealkylation sites (N-methyl/N-ethyl adjacent to an activating group) is 1. The van der Waals surface area contributed by atoms with E-state index < -0.39 is 5.54 Å². The summed E-state index contributed by atoms with van der Waals surface area (Å²) in [7, 11) is 3.38. The van der Waals surface area contributed by atoms with Crippen LogP contribution in [0.5, 0.6) is 5.75 Å². The van der Waals surface area contributed by atoms with Crippen molar-refractivity contribution in [3.05, 3.63) is 29.8 Å². The molecule has 0 saturated carbocycles. The van der Waals surface area contributed by atoms with Crippen LogP contribution < -0.4 is 10.1 Å². The fraction of sp³-hybridized carbons (Fsp3) is 0.500. The van der Waals surface area contributed by atoms with E-state index in [1.165, 1.54) is 0 Å². The Morgan fingerprint density at radius 2 is 2.06 bits per heavy atom. The minimum absolute atomic E-state index is 0.251. The number of para-hydroxylation sites is 1. The zero-order chi connectivity index (χ0) is 13.6. The Bertz CT molecular complexity index is 406. The Kier molecular flexibility index (Phi) is 5.16. The summed E-state index contributed by atoms with van der Waals surface area (Å²) in [5, 5.41) is 3.03. The van der Waals surface area contributed by atoms with Gasteiger partial charge >= 0.3 is 5.97 Å². The van der Waals surface area contributed by atoms with Crippen LogP contribution in [0.25, 0.3) is 0 Å². The van der Waals surface area contributed by atoms with Gasteiger partial charge in [0.25, 0.3) is 0 Å². The maximum absolute atomic E-state index is 12.0. The standard InChI is InChI=1S/C14H21NO3/c1-5-18-13(16)14(2,15-3)10-11-8-6-7-9-12(11)17-4/h6-9,15H,5,10H2,1-4H3. The van der Waals surface area contributed by atoms with Crippen LogP contribution in [0.15, 0.2) is 24.3 Å². The predicted molar refractivity (Wildman–Crippen MR) is 70.8 cm³/mol. The van der Waals surface area contributed by atoms with Crippen LogP contribution in [-0.4, -0.2) is 32.3 Å². The first-order chi connectivity index (χ1) is 8.57. The van der Waals surface area contributed by atoms with E-state index in [1.807, 2.05) is 31.2 Å². The Labute approximate surface area is 108 Å². The SMILES string of the molecule is CCOC(=O)C(C)(Cc1ccccc1OC)NC. The molecule has 0 fully saturated rings. The van der Waals surface area contributed by atoms with E-state index in [0.717, 1.165) is 11.3 Å².